The van der Waals surface area contributed by atoms with Crippen LogP contribution in [0.25, 0.3) is 27.4 Å². The molecule has 0 saturated carbocycles. The molecule has 1 aromatic heterocycles. The van der Waals surface area contributed by atoms with Crippen molar-refractivity contribution in [2.75, 3.05) is 0 Å². The molecule has 0 atom stereocenters. The maximum atomic E-state index is 13.6. The van der Waals surface area contributed by atoms with E-state index in [1.165, 1.54) is 16.3 Å². The fraction of sp³-hybridized carbons (Fsp3) is 0.0323. The first kappa shape index (κ1) is 22.1. The van der Waals surface area contributed by atoms with Gasteiger partial charge in [-0.05, 0) is 64.9 Å². The lowest BCUT2D eigenvalue weighted by Gasteiger charge is -2.14. The van der Waals surface area contributed by atoms with Crippen LogP contribution in [-0.4, -0.2) is 9.55 Å². The van der Waals surface area contributed by atoms with E-state index in [0.717, 1.165) is 11.4 Å². The van der Waals surface area contributed by atoms with E-state index >= 15 is 0 Å². The van der Waals surface area contributed by atoms with Gasteiger partial charge in [0.05, 0.1) is 16.6 Å². The van der Waals surface area contributed by atoms with Crippen LogP contribution in [0.2, 0.25) is 0 Å². The molecule has 0 spiro atoms. The highest BCUT2D eigenvalue weighted by Crippen LogP contribution is 2.29. The highest BCUT2D eigenvalue weighted by atomic mass is 32.2. The fourth-order valence-electron chi connectivity index (χ4n) is 4.29. The Morgan fingerprint density at radius 1 is 0.667 bits per heavy atom. The molecule has 0 unspecified atom stereocenters. The molecular weight excluding hydrogens is 464 g/mol. The summed E-state index contributed by atoms with van der Waals surface area (Å²) in [5, 5.41) is 3.66. The number of rotatable bonds is 6. The lowest BCUT2D eigenvalue weighted by atomic mass is 10.1. The zero-order chi connectivity index (χ0) is 24.3. The van der Waals surface area contributed by atoms with Crippen molar-refractivity contribution in [1.82, 2.24) is 9.55 Å². The van der Waals surface area contributed by atoms with Gasteiger partial charge in [-0.1, -0.05) is 84.6 Å². The summed E-state index contributed by atoms with van der Waals surface area (Å²) in [4.78, 5) is 18.5. The van der Waals surface area contributed by atoms with Crippen molar-refractivity contribution in [3.8, 4) is 17.2 Å². The Balaban J connectivity index is 1.39. The number of nitrogens with zero attached hydrogens (tertiary/aromatic N) is 2. The van der Waals surface area contributed by atoms with E-state index in [-0.39, 0.29) is 5.56 Å². The van der Waals surface area contributed by atoms with E-state index in [9.17, 15) is 4.79 Å². The minimum Gasteiger partial charge on any atom is -0.457 e. The van der Waals surface area contributed by atoms with Gasteiger partial charge in [0.25, 0.3) is 5.56 Å². The second kappa shape index (κ2) is 9.72. The van der Waals surface area contributed by atoms with Crippen LogP contribution in [0, 0.1) is 0 Å². The zero-order valence-electron chi connectivity index (χ0n) is 19.4. The molecule has 5 heteroatoms. The van der Waals surface area contributed by atoms with Crippen LogP contribution in [0.3, 0.4) is 0 Å². The minimum absolute atomic E-state index is 0.0854. The zero-order valence-corrected chi connectivity index (χ0v) is 20.2. The average molecular weight is 487 g/mol. The van der Waals surface area contributed by atoms with Gasteiger partial charge in [0.15, 0.2) is 5.16 Å². The molecular formula is C31H22N2O2S. The van der Waals surface area contributed by atoms with Crippen LogP contribution in [0.15, 0.2) is 131 Å². The molecule has 0 aliphatic rings. The predicted molar refractivity (Wildman–Crippen MR) is 147 cm³/mol. The minimum atomic E-state index is -0.0854. The number of thioether (sulfide) groups is 1. The summed E-state index contributed by atoms with van der Waals surface area (Å²) in [5.74, 6) is 2.17. The molecule has 0 saturated heterocycles. The second-order valence-corrected chi connectivity index (χ2v) is 9.33. The number of benzene rings is 5. The molecule has 6 rings (SSSR count). The number of hydrogen-bond acceptors (Lipinski definition) is 4. The number of hydrogen-bond donors (Lipinski definition) is 0. The molecule has 5 aromatic carbocycles. The number of para-hydroxylation sites is 2. The first-order valence-electron chi connectivity index (χ1n) is 11.7. The van der Waals surface area contributed by atoms with Crippen LogP contribution < -0.4 is 10.3 Å². The van der Waals surface area contributed by atoms with Crippen molar-refractivity contribution in [1.29, 1.82) is 0 Å². The smallest absolute Gasteiger partial charge is 0.266 e. The topological polar surface area (TPSA) is 44.1 Å². The van der Waals surface area contributed by atoms with E-state index in [0.29, 0.717) is 27.6 Å². The molecule has 0 radical (unpaired) electrons. The van der Waals surface area contributed by atoms with Crippen LogP contribution in [0.1, 0.15) is 5.56 Å². The van der Waals surface area contributed by atoms with Crippen molar-refractivity contribution < 1.29 is 4.74 Å². The van der Waals surface area contributed by atoms with E-state index in [2.05, 4.69) is 36.4 Å². The SMILES string of the molecule is O=c1c2ccccc2nc(SCc2cccc3ccccc23)n1-c1ccc(Oc2ccccc2)cc1. The third-order valence-corrected chi connectivity index (χ3v) is 7.04. The standard InChI is InChI=1S/C31H22N2O2S/c34-30-28-15-6-7-16-29(28)32-31(36-21-23-11-8-10-22-9-4-5-14-27(22)23)33(30)24-17-19-26(20-18-24)35-25-12-2-1-3-13-25/h1-20H,21H2. The van der Waals surface area contributed by atoms with E-state index in [1.807, 2.05) is 84.9 Å². The Morgan fingerprint density at radius 2 is 1.33 bits per heavy atom. The van der Waals surface area contributed by atoms with Gasteiger partial charge in [0.1, 0.15) is 11.5 Å². The van der Waals surface area contributed by atoms with Gasteiger partial charge in [0.2, 0.25) is 0 Å². The van der Waals surface area contributed by atoms with Crippen molar-refractivity contribution in [3.05, 3.63) is 137 Å². The van der Waals surface area contributed by atoms with Crippen molar-refractivity contribution in [3.63, 3.8) is 0 Å². The van der Waals surface area contributed by atoms with Gasteiger partial charge in [-0.3, -0.25) is 9.36 Å². The Bertz CT molecular complexity index is 1720. The quantitative estimate of drug-likeness (QED) is 0.179. The molecule has 1 heterocycles. The maximum absolute atomic E-state index is 13.6. The summed E-state index contributed by atoms with van der Waals surface area (Å²) in [6.07, 6.45) is 0. The van der Waals surface area contributed by atoms with Gasteiger partial charge in [-0.15, -0.1) is 0 Å². The Hall–Kier alpha value is -4.35. The molecule has 0 N–H and O–H groups in total. The Morgan fingerprint density at radius 3 is 2.17 bits per heavy atom. The second-order valence-electron chi connectivity index (χ2n) is 8.39. The summed E-state index contributed by atoms with van der Waals surface area (Å²) in [6, 6.07) is 39.4. The fourth-order valence-corrected chi connectivity index (χ4v) is 5.30. The van der Waals surface area contributed by atoms with Crippen molar-refractivity contribution in [2.45, 2.75) is 10.9 Å². The first-order valence-corrected chi connectivity index (χ1v) is 12.7. The van der Waals surface area contributed by atoms with Crippen LogP contribution in [0.5, 0.6) is 11.5 Å². The summed E-state index contributed by atoms with van der Waals surface area (Å²) >= 11 is 1.57. The number of ether oxygens (including phenoxy) is 1. The van der Waals surface area contributed by atoms with Crippen molar-refractivity contribution >= 4 is 33.4 Å². The largest absolute Gasteiger partial charge is 0.457 e. The highest BCUT2D eigenvalue weighted by molar-refractivity contribution is 7.98. The predicted octanol–water partition coefficient (Wildman–Crippen LogP) is 7.62. The highest BCUT2D eigenvalue weighted by Gasteiger charge is 2.14. The monoisotopic (exact) mass is 486 g/mol. The normalized spacial score (nSPS) is 11.1. The molecule has 0 aliphatic heterocycles. The molecule has 0 aliphatic carbocycles. The molecule has 0 amide bonds. The number of aromatic nitrogens is 2. The molecule has 36 heavy (non-hydrogen) atoms. The first-order chi connectivity index (χ1) is 17.8. The van der Waals surface area contributed by atoms with Gasteiger partial charge >= 0.3 is 0 Å². The Kier molecular flexibility index (Phi) is 5.98. The van der Waals surface area contributed by atoms with Gasteiger partial charge in [0, 0.05) is 5.75 Å². The summed E-state index contributed by atoms with van der Waals surface area (Å²) in [6.45, 7) is 0. The molecule has 174 valence electrons. The molecule has 4 nitrogen and oxygen atoms in total. The van der Waals surface area contributed by atoms with E-state index in [1.54, 1.807) is 16.3 Å². The van der Waals surface area contributed by atoms with Gasteiger partial charge < -0.3 is 4.74 Å². The summed E-state index contributed by atoms with van der Waals surface area (Å²) in [5.41, 5.74) is 2.57. The van der Waals surface area contributed by atoms with Crippen LogP contribution in [-0.2, 0) is 5.75 Å². The average Bonchev–Trinajstić information content (AvgIpc) is 2.93. The van der Waals surface area contributed by atoms with Crippen molar-refractivity contribution in [2.24, 2.45) is 0 Å². The summed E-state index contributed by atoms with van der Waals surface area (Å²) < 4.78 is 7.64. The van der Waals surface area contributed by atoms with Crippen LogP contribution >= 0.6 is 11.8 Å². The third kappa shape index (κ3) is 4.37. The molecule has 6 aromatic rings. The van der Waals surface area contributed by atoms with E-state index in [4.69, 9.17) is 9.72 Å². The van der Waals surface area contributed by atoms with Crippen LogP contribution in [0.4, 0.5) is 0 Å². The lowest BCUT2D eigenvalue weighted by Crippen LogP contribution is -2.21. The number of fused-ring (bicyclic) bond motifs is 2. The third-order valence-electron chi connectivity index (χ3n) is 6.06. The molecule has 0 fully saturated rings. The van der Waals surface area contributed by atoms with Gasteiger partial charge in [-0.2, -0.15) is 0 Å². The van der Waals surface area contributed by atoms with Gasteiger partial charge in [-0.25, -0.2) is 4.98 Å². The van der Waals surface area contributed by atoms with E-state index < -0.39 is 0 Å². The Labute approximate surface area is 212 Å². The molecule has 0 bridgehead atoms. The summed E-state index contributed by atoms with van der Waals surface area (Å²) in [7, 11) is 0. The maximum Gasteiger partial charge on any atom is 0.266 e. The lowest BCUT2D eigenvalue weighted by molar-refractivity contribution is 0.482.